The molecular formula is C25H28Cl2N2O5SSi. The summed E-state index contributed by atoms with van der Waals surface area (Å²) in [5.41, 5.74) is 1.64. The van der Waals surface area contributed by atoms with E-state index in [9.17, 15) is 14.9 Å². The maximum absolute atomic E-state index is 12.4. The number of aryl methyl sites for hydroxylation is 1. The number of hydrogen-bond acceptors (Lipinski definition) is 7. The Hall–Kier alpha value is -2.59. The molecule has 0 spiro atoms. The van der Waals surface area contributed by atoms with Gasteiger partial charge in [0.05, 0.1) is 17.0 Å². The summed E-state index contributed by atoms with van der Waals surface area (Å²) >= 11 is 13.9. The number of methoxy groups -OCH3 is 1. The Balaban J connectivity index is 1.93. The lowest BCUT2D eigenvalue weighted by Gasteiger charge is -2.16. The van der Waals surface area contributed by atoms with Crippen LogP contribution in [-0.2, 0) is 11.2 Å². The summed E-state index contributed by atoms with van der Waals surface area (Å²) in [5, 5.41) is 16.4. The molecule has 0 saturated carbocycles. The number of rotatable bonds is 10. The van der Waals surface area contributed by atoms with Gasteiger partial charge in [-0.1, -0.05) is 67.1 Å². The monoisotopic (exact) mass is 566 g/mol. The second-order valence-corrected chi connectivity index (χ2v) is 17.0. The fourth-order valence-corrected chi connectivity index (χ4v) is 6.00. The second-order valence-electron chi connectivity index (χ2n) is 9.48. The molecule has 1 N–H and O–H groups in total. The van der Waals surface area contributed by atoms with E-state index < -0.39 is 25.1 Å². The highest BCUT2D eigenvalue weighted by Gasteiger charge is 2.24. The predicted octanol–water partition coefficient (Wildman–Crippen LogP) is 8.51. The summed E-state index contributed by atoms with van der Waals surface area (Å²) < 4.78 is 11.0. The summed E-state index contributed by atoms with van der Waals surface area (Å²) in [6.07, 6.45) is 0.220. The van der Waals surface area contributed by atoms with Gasteiger partial charge in [-0.15, -0.1) is 11.3 Å². The largest absolute Gasteiger partial charge is 0.484 e. The third kappa shape index (κ3) is 7.00. The van der Waals surface area contributed by atoms with Crippen molar-refractivity contribution < 1.29 is 19.2 Å². The molecule has 0 bridgehead atoms. The molecule has 36 heavy (non-hydrogen) atoms. The van der Waals surface area contributed by atoms with Gasteiger partial charge in [0, 0.05) is 35.8 Å². The van der Waals surface area contributed by atoms with E-state index in [4.69, 9.17) is 32.7 Å². The Morgan fingerprint density at radius 3 is 2.47 bits per heavy atom. The molecule has 0 amide bonds. The van der Waals surface area contributed by atoms with Crippen molar-refractivity contribution in [3.8, 4) is 5.75 Å². The van der Waals surface area contributed by atoms with Crippen LogP contribution < -0.4 is 10.1 Å². The van der Waals surface area contributed by atoms with Crippen molar-refractivity contribution in [1.82, 2.24) is 0 Å². The molecule has 0 saturated heterocycles. The molecular weight excluding hydrogens is 539 g/mol. The Morgan fingerprint density at radius 1 is 1.17 bits per heavy atom. The molecule has 0 aliphatic heterocycles. The van der Waals surface area contributed by atoms with E-state index in [2.05, 4.69) is 25.0 Å². The average Bonchev–Trinajstić information content (AvgIpc) is 3.19. The molecule has 3 aromatic rings. The first-order chi connectivity index (χ1) is 16.9. The van der Waals surface area contributed by atoms with Crippen LogP contribution in [0.25, 0.3) is 0 Å². The fourth-order valence-electron chi connectivity index (χ4n) is 3.51. The number of carbonyl (C=O) groups is 1. The van der Waals surface area contributed by atoms with E-state index >= 15 is 0 Å². The topological polar surface area (TPSA) is 90.7 Å². The number of nitrogens with one attached hydrogen (secondary N) is 1. The Morgan fingerprint density at radius 2 is 1.86 bits per heavy atom. The van der Waals surface area contributed by atoms with Crippen LogP contribution >= 0.6 is 34.5 Å². The summed E-state index contributed by atoms with van der Waals surface area (Å²) in [5.74, 6) is -0.300. The lowest BCUT2D eigenvalue weighted by molar-refractivity contribution is -0.384. The van der Waals surface area contributed by atoms with Gasteiger partial charge in [0.15, 0.2) is 4.88 Å². The van der Waals surface area contributed by atoms with E-state index in [0.29, 0.717) is 21.5 Å². The van der Waals surface area contributed by atoms with Gasteiger partial charge in [-0.05, 0) is 31.0 Å². The van der Waals surface area contributed by atoms with E-state index in [1.807, 2.05) is 25.1 Å². The number of ether oxygens (including phenoxy) is 2. The quantitative estimate of drug-likeness (QED) is 0.114. The molecule has 1 atom stereocenters. The van der Waals surface area contributed by atoms with Gasteiger partial charge < -0.3 is 14.8 Å². The standard InChI is InChI=1S/C25H28Cl2N2O5SSi/c1-15(17-8-6-7-9-18(17)26)34-22-14-23(35-24(22)25(30)33-2)28-20-13-19(27)16(10-11-36(3,4)5)12-21(20)29(31)32/h6-9,12-15,28H,10-11H2,1-5H3/t15-/m1/s1. The molecule has 0 fully saturated rings. The van der Waals surface area contributed by atoms with Crippen LogP contribution in [0.2, 0.25) is 35.7 Å². The third-order valence-corrected chi connectivity index (χ3v) is 8.94. The normalized spacial score (nSPS) is 12.2. The highest BCUT2D eigenvalue weighted by molar-refractivity contribution is 7.18. The highest BCUT2D eigenvalue weighted by atomic mass is 35.5. The second kappa shape index (κ2) is 11.6. The van der Waals surface area contributed by atoms with Crippen LogP contribution in [0.3, 0.4) is 0 Å². The van der Waals surface area contributed by atoms with E-state index in [1.54, 1.807) is 18.2 Å². The first-order valence-corrected chi connectivity index (χ1v) is 16.5. The van der Waals surface area contributed by atoms with Crippen LogP contribution in [0.5, 0.6) is 5.75 Å². The fraction of sp³-hybridized carbons (Fsp3) is 0.320. The number of benzene rings is 2. The first-order valence-electron chi connectivity index (χ1n) is 11.3. The van der Waals surface area contributed by atoms with Gasteiger partial charge in [0.2, 0.25) is 0 Å². The molecule has 0 radical (unpaired) electrons. The predicted molar refractivity (Wildman–Crippen MR) is 149 cm³/mol. The van der Waals surface area contributed by atoms with Crippen LogP contribution in [-0.4, -0.2) is 26.1 Å². The number of nitrogens with zero attached hydrogens (tertiary/aromatic N) is 1. The number of esters is 1. The minimum Gasteiger partial charge on any atom is -0.484 e. The number of nitro groups is 1. The van der Waals surface area contributed by atoms with Crippen molar-refractivity contribution in [1.29, 1.82) is 0 Å². The smallest absolute Gasteiger partial charge is 0.351 e. The van der Waals surface area contributed by atoms with E-state index in [-0.39, 0.29) is 22.0 Å². The molecule has 2 aromatic carbocycles. The molecule has 1 heterocycles. The summed E-state index contributed by atoms with van der Waals surface area (Å²) in [7, 11) is -0.0723. The van der Waals surface area contributed by atoms with Gasteiger partial charge in [-0.2, -0.15) is 0 Å². The summed E-state index contributed by atoms with van der Waals surface area (Å²) in [6.45, 7) is 8.55. The van der Waals surface area contributed by atoms with Crippen molar-refractivity contribution in [2.75, 3.05) is 12.4 Å². The van der Waals surface area contributed by atoms with Crippen molar-refractivity contribution in [3.05, 3.63) is 78.6 Å². The number of nitro benzene ring substituents is 1. The van der Waals surface area contributed by atoms with Gasteiger partial charge in [-0.25, -0.2) is 4.79 Å². The maximum atomic E-state index is 12.4. The minimum atomic E-state index is -1.35. The molecule has 0 aliphatic carbocycles. The van der Waals surface area contributed by atoms with Crippen molar-refractivity contribution in [2.45, 2.75) is 45.1 Å². The number of anilines is 2. The van der Waals surface area contributed by atoms with Crippen LogP contribution in [0.4, 0.5) is 16.4 Å². The molecule has 0 aliphatic rings. The van der Waals surface area contributed by atoms with Crippen molar-refractivity contribution in [3.63, 3.8) is 0 Å². The molecule has 1 aromatic heterocycles. The van der Waals surface area contributed by atoms with Crippen LogP contribution in [0, 0.1) is 10.1 Å². The molecule has 192 valence electrons. The highest BCUT2D eigenvalue weighted by Crippen LogP contribution is 2.41. The zero-order valence-corrected chi connectivity index (χ0v) is 24.0. The van der Waals surface area contributed by atoms with Crippen LogP contribution in [0.1, 0.15) is 33.8 Å². The van der Waals surface area contributed by atoms with Gasteiger partial charge in [-0.3, -0.25) is 10.1 Å². The molecule has 3 rings (SSSR count). The van der Waals surface area contributed by atoms with E-state index in [0.717, 1.165) is 28.5 Å². The maximum Gasteiger partial charge on any atom is 0.351 e. The number of thiophene rings is 1. The van der Waals surface area contributed by atoms with Crippen LogP contribution in [0.15, 0.2) is 42.5 Å². The van der Waals surface area contributed by atoms with Gasteiger partial charge >= 0.3 is 5.97 Å². The third-order valence-electron chi connectivity index (χ3n) is 5.48. The molecule has 7 nitrogen and oxygen atoms in total. The number of hydrogen-bond donors (Lipinski definition) is 1. The Bertz CT molecular complexity index is 1280. The lowest BCUT2D eigenvalue weighted by atomic mass is 10.1. The summed E-state index contributed by atoms with van der Waals surface area (Å²) in [6, 6.07) is 12.9. The number of halogens is 2. The van der Waals surface area contributed by atoms with Crippen molar-refractivity contribution >= 4 is 65.0 Å². The minimum absolute atomic E-state index is 0.0927. The molecule has 11 heteroatoms. The average molecular weight is 568 g/mol. The van der Waals surface area contributed by atoms with E-state index in [1.165, 1.54) is 13.2 Å². The molecule has 0 unspecified atom stereocenters. The van der Waals surface area contributed by atoms with Gasteiger partial charge in [0.25, 0.3) is 5.69 Å². The summed E-state index contributed by atoms with van der Waals surface area (Å²) in [4.78, 5) is 24.1. The SMILES string of the molecule is COC(=O)c1sc(Nc2cc(Cl)c(CC[Si](C)(C)C)cc2[N+](=O)[O-])cc1O[C@H](C)c1ccccc1Cl. The first kappa shape index (κ1) is 28.0. The zero-order chi connectivity index (χ0) is 26.6. The Labute approximate surface area is 225 Å². The lowest BCUT2D eigenvalue weighted by Crippen LogP contribution is -2.20. The zero-order valence-electron chi connectivity index (χ0n) is 20.7. The van der Waals surface area contributed by atoms with Crippen molar-refractivity contribution in [2.24, 2.45) is 0 Å². The Kier molecular flexibility index (Phi) is 9.05. The number of carbonyl (C=O) groups excluding carboxylic acids is 1. The van der Waals surface area contributed by atoms with Gasteiger partial charge in [0.1, 0.15) is 17.5 Å².